The summed E-state index contributed by atoms with van der Waals surface area (Å²) in [7, 11) is -0.877. The second-order valence-corrected chi connectivity index (χ2v) is 7.83. The van der Waals surface area contributed by atoms with Crippen molar-refractivity contribution in [2.24, 2.45) is 5.10 Å². The van der Waals surface area contributed by atoms with Gasteiger partial charge in [0.2, 0.25) is 0 Å². The van der Waals surface area contributed by atoms with Crippen LogP contribution in [0.1, 0.15) is 15.9 Å². The summed E-state index contributed by atoms with van der Waals surface area (Å²) in [4.78, 5) is 14.7. The Morgan fingerprint density at radius 2 is 1.55 bits per heavy atom. The lowest BCUT2D eigenvalue weighted by atomic mass is 10.2. The Labute approximate surface area is 180 Å². The smallest absolute Gasteiger partial charge is 0.347 e. The highest BCUT2D eigenvalue weighted by molar-refractivity contribution is 7.89. The van der Waals surface area contributed by atoms with Crippen molar-refractivity contribution >= 4 is 22.2 Å². The zero-order valence-electron chi connectivity index (χ0n) is 16.8. The zero-order chi connectivity index (χ0) is 22.3. The Morgan fingerprint density at radius 3 is 2.26 bits per heavy atom. The molecule has 160 valence electrons. The number of nitrogens with one attached hydrogen (secondary N) is 1. The number of carbonyl (C=O) groups excluding carboxylic acids is 1. The molecule has 0 aliphatic heterocycles. The summed E-state index contributed by atoms with van der Waals surface area (Å²) in [5.74, 6) is 0.257. The Bertz CT molecular complexity index is 1190. The van der Waals surface area contributed by atoms with Crippen LogP contribution in [0.15, 0.2) is 82.8 Å². The number of hydrazone groups is 1. The molecule has 0 amide bonds. The largest absolute Gasteiger partial charge is 0.496 e. The molecule has 31 heavy (non-hydrogen) atoms. The summed E-state index contributed by atoms with van der Waals surface area (Å²) in [6.45, 7) is 0. The van der Waals surface area contributed by atoms with Gasteiger partial charge < -0.3 is 14.2 Å². The van der Waals surface area contributed by atoms with Crippen LogP contribution >= 0.6 is 0 Å². The first-order valence-corrected chi connectivity index (χ1v) is 10.6. The van der Waals surface area contributed by atoms with Crippen LogP contribution in [-0.4, -0.2) is 34.8 Å². The molecule has 0 aliphatic rings. The van der Waals surface area contributed by atoms with Crippen LogP contribution in [0.2, 0.25) is 0 Å². The Kier molecular flexibility index (Phi) is 6.88. The molecule has 8 nitrogen and oxygen atoms in total. The summed E-state index contributed by atoms with van der Waals surface area (Å²) >= 11 is 0. The molecule has 3 rings (SSSR count). The van der Waals surface area contributed by atoms with E-state index in [1.54, 1.807) is 54.6 Å². The van der Waals surface area contributed by atoms with Gasteiger partial charge in [-0.15, -0.1) is 0 Å². The van der Waals surface area contributed by atoms with Crippen LogP contribution in [-0.2, 0) is 10.0 Å². The molecule has 3 aromatic rings. The number of hydrogen-bond acceptors (Lipinski definition) is 7. The van der Waals surface area contributed by atoms with Crippen LogP contribution in [0.25, 0.3) is 0 Å². The van der Waals surface area contributed by atoms with E-state index in [2.05, 4.69) is 9.93 Å². The number of methoxy groups -OCH3 is 2. The highest BCUT2D eigenvalue weighted by Crippen LogP contribution is 2.29. The quantitative estimate of drug-likeness (QED) is 0.250. The fourth-order valence-electron chi connectivity index (χ4n) is 2.64. The number of carbonyl (C=O) groups is 1. The molecule has 0 fully saturated rings. The molecule has 0 heterocycles. The van der Waals surface area contributed by atoms with Gasteiger partial charge in [0.05, 0.1) is 25.3 Å². The molecule has 0 aliphatic carbocycles. The first kappa shape index (κ1) is 21.8. The van der Waals surface area contributed by atoms with Crippen LogP contribution in [0.3, 0.4) is 0 Å². The Morgan fingerprint density at radius 1 is 0.871 bits per heavy atom. The van der Waals surface area contributed by atoms with Crippen molar-refractivity contribution in [2.75, 3.05) is 14.2 Å². The van der Waals surface area contributed by atoms with E-state index in [-0.39, 0.29) is 22.0 Å². The second kappa shape index (κ2) is 9.77. The maximum Gasteiger partial charge on any atom is 0.347 e. The van der Waals surface area contributed by atoms with Crippen molar-refractivity contribution in [3.63, 3.8) is 0 Å². The summed E-state index contributed by atoms with van der Waals surface area (Å²) < 4.78 is 40.3. The van der Waals surface area contributed by atoms with E-state index < -0.39 is 16.0 Å². The van der Waals surface area contributed by atoms with Gasteiger partial charge in [0.15, 0.2) is 11.5 Å². The molecular weight excluding hydrogens is 420 g/mol. The average molecular weight is 440 g/mol. The van der Waals surface area contributed by atoms with Gasteiger partial charge in [-0.05, 0) is 48.0 Å². The van der Waals surface area contributed by atoms with Gasteiger partial charge in [0.25, 0.3) is 10.0 Å². The second-order valence-electron chi connectivity index (χ2n) is 6.17. The molecule has 0 saturated carbocycles. The predicted octanol–water partition coefficient (Wildman–Crippen LogP) is 3.24. The molecule has 0 atom stereocenters. The first-order chi connectivity index (χ1) is 14.9. The molecular formula is C22H20N2O6S. The average Bonchev–Trinajstić information content (AvgIpc) is 2.80. The third kappa shape index (κ3) is 5.40. The van der Waals surface area contributed by atoms with Crippen molar-refractivity contribution in [3.05, 3.63) is 83.9 Å². The summed E-state index contributed by atoms with van der Waals surface area (Å²) in [5, 5.41) is 3.78. The van der Waals surface area contributed by atoms with E-state index in [0.29, 0.717) is 11.3 Å². The van der Waals surface area contributed by atoms with Crippen molar-refractivity contribution in [1.82, 2.24) is 4.83 Å². The lowest BCUT2D eigenvalue weighted by Crippen LogP contribution is -2.18. The van der Waals surface area contributed by atoms with E-state index in [1.807, 2.05) is 0 Å². The van der Waals surface area contributed by atoms with Crippen molar-refractivity contribution in [3.8, 4) is 17.2 Å². The first-order valence-electron chi connectivity index (χ1n) is 9.08. The summed E-state index contributed by atoms with van der Waals surface area (Å²) in [6.07, 6.45) is 1.31. The minimum Gasteiger partial charge on any atom is -0.496 e. The van der Waals surface area contributed by atoms with E-state index in [1.165, 1.54) is 38.6 Å². The fraction of sp³-hybridized carbons (Fsp3) is 0.0909. The monoisotopic (exact) mass is 440 g/mol. The van der Waals surface area contributed by atoms with Gasteiger partial charge in [-0.3, -0.25) is 0 Å². The number of ether oxygens (including phenoxy) is 3. The number of sulfonamides is 1. The molecule has 1 N–H and O–H groups in total. The van der Waals surface area contributed by atoms with Crippen molar-refractivity contribution < 1.29 is 27.4 Å². The molecule has 0 aromatic heterocycles. The molecule has 0 radical (unpaired) electrons. The van der Waals surface area contributed by atoms with E-state index >= 15 is 0 Å². The molecule has 3 aromatic carbocycles. The van der Waals surface area contributed by atoms with Gasteiger partial charge in [0, 0.05) is 0 Å². The van der Waals surface area contributed by atoms with E-state index in [0.717, 1.165) is 0 Å². The topological polar surface area (TPSA) is 103 Å². The lowest BCUT2D eigenvalue weighted by Gasteiger charge is -2.11. The molecule has 0 bridgehead atoms. The zero-order valence-corrected chi connectivity index (χ0v) is 17.6. The number of para-hydroxylation sites is 1. The summed E-state index contributed by atoms with van der Waals surface area (Å²) in [5.41, 5.74) is 0.803. The number of rotatable bonds is 8. The lowest BCUT2D eigenvalue weighted by molar-refractivity contribution is 0.0726. The van der Waals surface area contributed by atoms with Crippen LogP contribution in [0.5, 0.6) is 17.2 Å². The van der Waals surface area contributed by atoms with Crippen LogP contribution < -0.4 is 19.0 Å². The van der Waals surface area contributed by atoms with Gasteiger partial charge in [-0.1, -0.05) is 30.3 Å². The number of benzene rings is 3. The molecule has 0 saturated heterocycles. The maximum absolute atomic E-state index is 12.5. The van der Waals surface area contributed by atoms with Crippen LogP contribution in [0.4, 0.5) is 0 Å². The van der Waals surface area contributed by atoms with Crippen LogP contribution in [0, 0.1) is 0 Å². The minimum absolute atomic E-state index is 0.100. The van der Waals surface area contributed by atoms with Gasteiger partial charge >= 0.3 is 5.97 Å². The maximum atomic E-state index is 12.5. The van der Waals surface area contributed by atoms with Gasteiger partial charge in [0.1, 0.15) is 11.3 Å². The van der Waals surface area contributed by atoms with E-state index in [9.17, 15) is 13.2 Å². The highest BCUT2D eigenvalue weighted by Gasteiger charge is 2.17. The normalized spacial score (nSPS) is 11.2. The third-order valence-corrected chi connectivity index (χ3v) is 5.40. The minimum atomic E-state index is -3.77. The molecule has 0 spiro atoms. The SMILES string of the molecule is COc1cc(C=NNS(=O)(=O)c2ccccc2)ccc1OC(=O)c1ccccc1OC. The van der Waals surface area contributed by atoms with Gasteiger partial charge in [-0.25, -0.2) is 9.63 Å². The summed E-state index contributed by atoms with van der Waals surface area (Å²) in [6, 6.07) is 19.3. The van der Waals surface area contributed by atoms with Crippen molar-refractivity contribution in [1.29, 1.82) is 0 Å². The highest BCUT2D eigenvalue weighted by atomic mass is 32.2. The number of nitrogens with zero attached hydrogens (tertiary/aromatic N) is 1. The molecule has 9 heteroatoms. The Balaban J connectivity index is 1.74. The number of esters is 1. The number of hydrogen-bond donors (Lipinski definition) is 1. The third-order valence-electron chi connectivity index (χ3n) is 4.16. The van der Waals surface area contributed by atoms with E-state index in [4.69, 9.17) is 14.2 Å². The Hall–Kier alpha value is -3.85. The van der Waals surface area contributed by atoms with Crippen molar-refractivity contribution in [2.45, 2.75) is 4.90 Å². The fourth-order valence-corrected chi connectivity index (χ4v) is 3.45. The van der Waals surface area contributed by atoms with Gasteiger partial charge in [-0.2, -0.15) is 13.5 Å². The standard InChI is InChI=1S/C22H20N2O6S/c1-28-19-11-7-6-10-18(19)22(25)30-20-13-12-16(14-21(20)29-2)15-23-24-31(26,27)17-8-4-3-5-9-17/h3-15,24H,1-2H3. The molecule has 0 unspecified atom stereocenters. The predicted molar refractivity (Wildman–Crippen MR) is 115 cm³/mol.